The molecule has 2 aromatic rings. The molecule has 34 heavy (non-hydrogen) atoms. The van der Waals surface area contributed by atoms with E-state index in [2.05, 4.69) is 4.72 Å². The summed E-state index contributed by atoms with van der Waals surface area (Å²) in [5.74, 6) is -3.05. The maximum atomic E-state index is 13.1. The van der Waals surface area contributed by atoms with E-state index in [1.54, 1.807) is 37.3 Å². The molecule has 12 heteroatoms. The lowest BCUT2D eigenvalue weighted by molar-refractivity contribution is -0.140. The fourth-order valence-corrected chi connectivity index (χ4v) is 6.10. The summed E-state index contributed by atoms with van der Waals surface area (Å²) in [5, 5.41) is 9.89. The summed E-state index contributed by atoms with van der Waals surface area (Å²) in [6.07, 6.45) is -4.52. The van der Waals surface area contributed by atoms with Gasteiger partial charge in [0.1, 0.15) is 5.54 Å². The fraction of sp³-hybridized carbons (Fsp3) is 0.364. The molecule has 0 unspecified atom stereocenters. The van der Waals surface area contributed by atoms with E-state index in [9.17, 15) is 36.3 Å². The molecule has 1 aliphatic carbocycles. The number of rotatable bonds is 6. The number of carboxylic acids is 1. The van der Waals surface area contributed by atoms with Crippen LogP contribution in [0.3, 0.4) is 0 Å². The molecule has 2 aromatic carbocycles. The van der Waals surface area contributed by atoms with Gasteiger partial charge in [-0.2, -0.15) is 30.6 Å². The monoisotopic (exact) mass is 497 g/mol. The molecule has 1 aliphatic heterocycles. The molecule has 2 aliphatic rings. The Balaban J connectivity index is 1.49. The predicted molar refractivity (Wildman–Crippen MR) is 116 cm³/mol. The van der Waals surface area contributed by atoms with E-state index in [0.29, 0.717) is 5.56 Å². The second-order valence-corrected chi connectivity index (χ2v) is 10.1. The molecule has 2 fully saturated rings. The van der Waals surface area contributed by atoms with Gasteiger partial charge in [-0.1, -0.05) is 37.3 Å². The van der Waals surface area contributed by atoms with Crippen molar-refractivity contribution in [3.63, 3.8) is 0 Å². The average molecular weight is 497 g/mol. The third-order valence-corrected chi connectivity index (χ3v) is 8.03. The molecule has 1 heterocycles. The maximum absolute atomic E-state index is 13.1. The molecule has 0 radical (unpaired) electrons. The lowest BCUT2D eigenvalue weighted by Gasteiger charge is -2.34. The van der Waals surface area contributed by atoms with Crippen LogP contribution >= 0.6 is 0 Å². The van der Waals surface area contributed by atoms with Crippen LogP contribution in [-0.2, 0) is 26.0 Å². The SMILES string of the molecule is C[C@@H]1[C@H](c2ccccc2)[C@]1(NS(=O)(=O)N1CCN(c2ccc(C(F)(F)F)cc2)C(=O)C1)C(=O)O. The van der Waals surface area contributed by atoms with Gasteiger partial charge in [0.2, 0.25) is 5.91 Å². The predicted octanol–water partition coefficient (Wildman–Crippen LogP) is 2.45. The molecular weight excluding hydrogens is 475 g/mol. The van der Waals surface area contributed by atoms with Gasteiger partial charge in [0.15, 0.2) is 0 Å². The zero-order chi connectivity index (χ0) is 24.9. The molecule has 3 atom stereocenters. The van der Waals surface area contributed by atoms with Gasteiger partial charge in [-0.25, -0.2) is 0 Å². The first-order valence-electron chi connectivity index (χ1n) is 10.4. The minimum absolute atomic E-state index is 0.0944. The van der Waals surface area contributed by atoms with Gasteiger partial charge >= 0.3 is 12.1 Å². The van der Waals surface area contributed by atoms with Gasteiger partial charge in [0.25, 0.3) is 10.2 Å². The summed E-state index contributed by atoms with van der Waals surface area (Å²) >= 11 is 0. The number of carbonyl (C=O) groups excluding carboxylic acids is 1. The Labute approximate surface area is 194 Å². The summed E-state index contributed by atoms with van der Waals surface area (Å²) in [6, 6.07) is 12.7. The van der Waals surface area contributed by atoms with Crippen LogP contribution in [0, 0.1) is 5.92 Å². The van der Waals surface area contributed by atoms with Crippen LogP contribution in [0.1, 0.15) is 24.0 Å². The van der Waals surface area contributed by atoms with Crippen molar-refractivity contribution >= 4 is 27.8 Å². The Morgan fingerprint density at radius 1 is 1.09 bits per heavy atom. The minimum atomic E-state index is -4.52. The van der Waals surface area contributed by atoms with E-state index in [4.69, 9.17) is 0 Å². The van der Waals surface area contributed by atoms with Crippen molar-refractivity contribution in [2.75, 3.05) is 24.5 Å². The molecule has 0 aromatic heterocycles. The first kappa shape index (κ1) is 24.2. The smallest absolute Gasteiger partial charge is 0.416 e. The van der Waals surface area contributed by atoms with Crippen LogP contribution in [0.25, 0.3) is 0 Å². The highest BCUT2D eigenvalue weighted by Crippen LogP contribution is 2.58. The molecule has 0 spiro atoms. The number of benzene rings is 2. The highest BCUT2D eigenvalue weighted by molar-refractivity contribution is 7.87. The van der Waals surface area contributed by atoms with Crippen LogP contribution in [0.15, 0.2) is 54.6 Å². The van der Waals surface area contributed by atoms with Gasteiger partial charge in [0, 0.05) is 24.7 Å². The average Bonchev–Trinajstić information content (AvgIpc) is 3.37. The van der Waals surface area contributed by atoms with Crippen molar-refractivity contribution in [3.05, 3.63) is 65.7 Å². The van der Waals surface area contributed by atoms with Crippen LogP contribution in [0.2, 0.25) is 0 Å². The van der Waals surface area contributed by atoms with E-state index in [1.807, 2.05) is 0 Å². The summed E-state index contributed by atoms with van der Waals surface area (Å²) in [6.45, 7) is 0.823. The van der Waals surface area contributed by atoms with Gasteiger partial charge < -0.3 is 10.0 Å². The van der Waals surface area contributed by atoms with Crippen LogP contribution < -0.4 is 9.62 Å². The van der Waals surface area contributed by atoms with Crippen molar-refractivity contribution in [2.24, 2.45) is 5.92 Å². The Kier molecular flexibility index (Phi) is 5.95. The van der Waals surface area contributed by atoms with Crippen LogP contribution in [-0.4, -0.2) is 54.9 Å². The molecule has 8 nitrogen and oxygen atoms in total. The standard InChI is InChI=1S/C22H22F3N3O5S/c1-14-19(15-5-3-2-4-6-15)21(14,20(30)31)26-34(32,33)27-11-12-28(18(29)13-27)17-9-7-16(8-10-17)22(23,24)25/h2-10,14,19,26H,11-13H2,1H3,(H,30,31)/t14-,19-,21+/m1/s1. The van der Waals surface area contributed by atoms with Gasteiger partial charge in [0.05, 0.1) is 12.1 Å². The normalized spacial score (nSPS) is 25.9. The summed E-state index contributed by atoms with van der Waals surface area (Å²) in [7, 11) is -4.36. The molecule has 182 valence electrons. The van der Waals surface area contributed by atoms with E-state index in [0.717, 1.165) is 28.6 Å². The largest absolute Gasteiger partial charge is 0.480 e. The van der Waals surface area contributed by atoms with Crippen molar-refractivity contribution in [2.45, 2.75) is 24.6 Å². The van der Waals surface area contributed by atoms with E-state index < -0.39 is 57.7 Å². The summed E-state index contributed by atoms with van der Waals surface area (Å²) in [4.78, 5) is 26.0. The Morgan fingerprint density at radius 3 is 2.24 bits per heavy atom. The van der Waals surface area contributed by atoms with Crippen molar-refractivity contribution in [3.8, 4) is 0 Å². The Morgan fingerprint density at radius 2 is 1.71 bits per heavy atom. The van der Waals surface area contributed by atoms with Gasteiger partial charge in [-0.15, -0.1) is 0 Å². The number of hydrogen-bond donors (Lipinski definition) is 2. The zero-order valence-corrected chi connectivity index (χ0v) is 18.8. The Hall–Kier alpha value is -2.96. The molecular formula is C22H22F3N3O5S. The highest BCUT2D eigenvalue weighted by atomic mass is 32.2. The van der Waals surface area contributed by atoms with Crippen LogP contribution in [0.5, 0.6) is 0 Å². The number of halogens is 3. The maximum Gasteiger partial charge on any atom is 0.416 e. The first-order chi connectivity index (χ1) is 15.9. The first-order valence-corrected chi connectivity index (χ1v) is 11.9. The molecule has 1 amide bonds. The molecule has 1 saturated carbocycles. The van der Waals surface area contributed by atoms with E-state index in [-0.39, 0.29) is 18.8 Å². The second kappa shape index (κ2) is 8.36. The summed E-state index contributed by atoms with van der Waals surface area (Å²) < 4.78 is 67.6. The number of anilines is 1. The van der Waals surface area contributed by atoms with Crippen molar-refractivity contribution in [1.29, 1.82) is 0 Å². The van der Waals surface area contributed by atoms with E-state index >= 15 is 0 Å². The number of alkyl halides is 3. The number of carbonyl (C=O) groups is 2. The van der Waals surface area contributed by atoms with Gasteiger partial charge in [-0.05, 0) is 35.7 Å². The number of aliphatic carboxylic acids is 1. The molecule has 2 N–H and O–H groups in total. The quantitative estimate of drug-likeness (QED) is 0.638. The van der Waals surface area contributed by atoms with Gasteiger partial charge in [-0.3, -0.25) is 9.59 Å². The zero-order valence-electron chi connectivity index (χ0n) is 18.0. The molecule has 4 rings (SSSR count). The number of nitrogens with one attached hydrogen (secondary N) is 1. The number of nitrogens with zero attached hydrogens (tertiary/aromatic N) is 2. The third-order valence-electron chi connectivity index (χ3n) is 6.44. The van der Waals surface area contributed by atoms with Crippen LogP contribution in [0.4, 0.5) is 18.9 Å². The fourth-order valence-electron chi connectivity index (χ4n) is 4.54. The lowest BCUT2D eigenvalue weighted by Crippen LogP contribution is -2.58. The highest BCUT2D eigenvalue weighted by Gasteiger charge is 2.70. The van der Waals surface area contributed by atoms with Crippen molar-refractivity contribution < 1.29 is 36.3 Å². The number of piperazine rings is 1. The summed E-state index contributed by atoms with van der Waals surface area (Å²) in [5.41, 5.74) is -1.71. The second-order valence-electron chi connectivity index (χ2n) is 8.38. The molecule has 0 bridgehead atoms. The number of amides is 1. The van der Waals surface area contributed by atoms with Crippen molar-refractivity contribution in [1.82, 2.24) is 9.03 Å². The topological polar surface area (TPSA) is 107 Å². The number of hydrogen-bond acceptors (Lipinski definition) is 4. The third kappa shape index (κ3) is 4.17. The molecule has 1 saturated heterocycles. The number of carboxylic acid groups (broad SMARTS) is 1. The van der Waals surface area contributed by atoms with E-state index in [1.165, 1.54) is 4.90 Å². The lowest BCUT2D eigenvalue weighted by atomic mass is 10.1. The minimum Gasteiger partial charge on any atom is -0.480 e. The Bertz CT molecular complexity index is 1200.